The van der Waals surface area contributed by atoms with Gasteiger partial charge in [-0.1, -0.05) is 38.8 Å². The number of nitrogens with zero attached hydrogens (tertiary/aromatic N) is 1. The van der Waals surface area contributed by atoms with E-state index in [1.165, 1.54) is 18.2 Å². The van der Waals surface area contributed by atoms with E-state index in [0.717, 1.165) is 12.8 Å². The van der Waals surface area contributed by atoms with Gasteiger partial charge in [-0.15, -0.1) is 0 Å². The third kappa shape index (κ3) is 6.34. The van der Waals surface area contributed by atoms with E-state index in [1.54, 1.807) is 33.8 Å². The second kappa shape index (κ2) is 11.8. The minimum absolute atomic E-state index is 0.0557. The minimum atomic E-state index is -4.04. The molecule has 10 heteroatoms. The maximum atomic E-state index is 14.5. The van der Waals surface area contributed by atoms with Gasteiger partial charge in [0.2, 0.25) is 0 Å². The van der Waals surface area contributed by atoms with Crippen LogP contribution < -0.4 is 5.32 Å². The maximum Gasteiger partial charge on any atom is 0.360 e. The Hall–Kier alpha value is -2.48. The summed E-state index contributed by atoms with van der Waals surface area (Å²) in [5, 5.41) is 24.7. The molecule has 1 aromatic rings. The highest BCUT2D eigenvalue weighted by atomic mass is 31.2. The zero-order chi connectivity index (χ0) is 25.6. The number of nitro groups is 1. The summed E-state index contributed by atoms with van der Waals surface area (Å²) in [5.74, 6) is -2.27. The van der Waals surface area contributed by atoms with Crippen LogP contribution in [0.15, 0.2) is 46.5 Å². The number of non-ortho nitro benzene ring substituents is 1. The Bertz CT molecular complexity index is 1020. The highest BCUT2D eigenvalue weighted by Crippen LogP contribution is 2.65. The lowest BCUT2D eigenvalue weighted by atomic mass is 9.86. The molecule has 1 aromatic carbocycles. The van der Waals surface area contributed by atoms with Crippen molar-refractivity contribution >= 4 is 19.3 Å². The highest BCUT2D eigenvalue weighted by Gasteiger charge is 2.46. The van der Waals surface area contributed by atoms with Gasteiger partial charge in [0, 0.05) is 23.5 Å². The molecular weight excluding hydrogens is 459 g/mol. The van der Waals surface area contributed by atoms with Gasteiger partial charge in [0.25, 0.3) is 5.69 Å². The van der Waals surface area contributed by atoms with Crippen molar-refractivity contribution in [1.29, 1.82) is 0 Å². The molecular formula is C24H35N2O7P. The van der Waals surface area contributed by atoms with Crippen LogP contribution in [0.25, 0.3) is 0 Å². The lowest BCUT2D eigenvalue weighted by Crippen LogP contribution is -2.29. The van der Waals surface area contributed by atoms with Gasteiger partial charge in [-0.2, -0.15) is 0 Å². The number of carboxylic acids is 1. The molecule has 3 atom stereocenters. The molecule has 0 saturated heterocycles. The van der Waals surface area contributed by atoms with Crippen LogP contribution in [0.2, 0.25) is 0 Å². The molecule has 2 N–H and O–H groups in total. The molecule has 188 valence electrons. The first-order valence-electron chi connectivity index (χ1n) is 11.6. The van der Waals surface area contributed by atoms with Crippen molar-refractivity contribution in [2.24, 2.45) is 0 Å². The molecule has 1 aliphatic heterocycles. The van der Waals surface area contributed by atoms with E-state index in [4.69, 9.17) is 9.05 Å². The fourth-order valence-electron chi connectivity index (χ4n) is 4.30. The molecule has 0 aromatic heterocycles. The Morgan fingerprint density at radius 2 is 1.71 bits per heavy atom. The van der Waals surface area contributed by atoms with Gasteiger partial charge in [-0.3, -0.25) is 14.7 Å². The summed E-state index contributed by atoms with van der Waals surface area (Å²) < 4.78 is 26.7. The number of carbonyl (C=O) groups is 1. The highest BCUT2D eigenvalue weighted by molar-refractivity contribution is 7.58. The Balaban J connectivity index is 2.77. The molecule has 0 aliphatic carbocycles. The SMILES string of the molecule is CCCC(C)OP(=O)(OC(C)CCC)C1=C(C)NC(C)=C(C(=O)O)C1c1cccc([N+](=O)[O-])c1. The molecule has 0 amide bonds. The second-order valence-corrected chi connectivity index (χ2v) is 10.6. The largest absolute Gasteiger partial charge is 0.478 e. The van der Waals surface area contributed by atoms with Gasteiger partial charge in [0.05, 0.1) is 33.9 Å². The normalized spacial score (nSPS) is 19.9. The predicted molar refractivity (Wildman–Crippen MR) is 131 cm³/mol. The fraction of sp³-hybridized carbons (Fsp3) is 0.542. The van der Waals surface area contributed by atoms with Crippen LogP contribution in [-0.2, 0) is 18.4 Å². The number of allylic oxidation sites excluding steroid dienone is 3. The molecule has 0 bridgehead atoms. The summed E-state index contributed by atoms with van der Waals surface area (Å²) in [6.07, 6.45) is 2.06. The summed E-state index contributed by atoms with van der Waals surface area (Å²) >= 11 is 0. The Morgan fingerprint density at radius 3 is 2.18 bits per heavy atom. The minimum Gasteiger partial charge on any atom is -0.478 e. The van der Waals surface area contributed by atoms with Crippen LogP contribution in [-0.4, -0.2) is 28.2 Å². The maximum absolute atomic E-state index is 14.5. The smallest absolute Gasteiger partial charge is 0.360 e. The van der Waals surface area contributed by atoms with Crippen LogP contribution in [0.5, 0.6) is 0 Å². The first-order valence-corrected chi connectivity index (χ1v) is 13.1. The number of dihydropyridines is 1. The van der Waals surface area contributed by atoms with E-state index < -0.39 is 36.6 Å². The van der Waals surface area contributed by atoms with E-state index in [9.17, 15) is 24.6 Å². The molecule has 9 nitrogen and oxygen atoms in total. The topological polar surface area (TPSA) is 128 Å². The number of benzene rings is 1. The van der Waals surface area contributed by atoms with Crippen molar-refractivity contribution in [3.05, 3.63) is 62.2 Å². The van der Waals surface area contributed by atoms with E-state index in [1.807, 2.05) is 13.8 Å². The average Bonchev–Trinajstić information content (AvgIpc) is 2.72. The van der Waals surface area contributed by atoms with E-state index in [2.05, 4.69) is 5.32 Å². The fourth-order valence-corrected chi connectivity index (χ4v) is 6.80. The van der Waals surface area contributed by atoms with Crippen molar-refractivity contribution in [1.82, 2.24) is 5.32 Å². The van der Waals surface area contributed by atoms with E-state index >= 15 is 0 Å². The number of hydrogen-bond acceptors (Lipinski definition) is 7. The van der Waals surface area contributed by atoms with Crippen molar-refractivity contribution < 1.29 is 28.4 Å². The zero-order valence-electron chi connectivity index (χ0n) is 20.7. The van der Waals surface area contributed by atoms with Gasteiger partial charge in [0.1, 0.15) is 0 Å². The van der Waals surface area contributed by atoms with Crippen molar-refractivity contribution in [3.8, 4) is 0 Å². The standard InChI is InChI=1S/C24H35N2O7P/c1-7-10-15(3)32-34(31,33-16(4)11-8-2)23-18(6)25-17(5)21(24(27)28)22(23)19-12-9-13-20(14-19)26(29)30/h9,12-16,22,25H,7-8,10-11H2,1-6H3,(H,27,28). The summed E-state index contributed by atoms with van der Waals surface area (Å²) in [5.41, 5.74) is 0.904. The third-order valence-corrected chi connectivity index (χ3v) is 8.15. The zero-order valence-corrected chi connectivity index (χ0v) is 21.6. The van der Waals surface area contributed by atoms with Crippen molar-refractivity contribution in [2.75, 3.05) is 0 Å². The Kier molecular flexibility index (Phi) is 9.62. The average molecular weight is 495 g/mol. The van der Waals surface area contributed by atoms with Crippen molar-refractivity contribution in [2.45, 2.75) is 85.4 Å². The van der Waals surface area contributed by atoms with Crippen LogP contribution in [0, 0.1) is 10.1 Å². The lowest BCUT2D eigenvalue weighted by Gasteiger charge is -2.36. The first-order chi connectivity index (χ1) is 15.9. The quantitative estimate of drug-likeness (QED) is 0.192. The molecule has 34 heavy (non-hydrogen) atoms. The number of hydrogen-bond donors (Lipinski definition) is 2. The van der Waals surface area contributed by atoms with Gasteiger partial charge in [0.15, 0.2) is 0 Å². The molecule has 3 unspecified atom stereocenters. The van der Waals surface area contributed by atoms with Gasteiger partial charge in [-0.25, -0.2) is 4.79 Å². The number of aliphatic carboxylic acids is 1. The van der Waals surface area contributed by atoms with Crippen LogP contribution in [0.4, 0.5) is 5.69 Å². The second-order valence-electron chi connectivity index (χ2n) is 8.67. The Morgan fingerprint density at radius 1 is 1.15 bits per heavy atom. The molecule has 1 heterocycles. The number of nitro benzene ring substituents is 1. The summed E-state index contributed by atoms with van der Waals surface area (Å²) in [7, 11) is -4.04. The Labute approximate surface area is 200 Å². The predicted octanol–water partition coefficient (Wildman–Crippen LogP) is 6.48. The van der Waals surface area contributed by atoms with Gasteiger partial charge >= 0.3 is 13.6 Å². The number of nitrogens with one attached hydrogen (secondary N) is 1. The van der Waals surface area contributed by atoms with E-state index in [0.29, 0.717) is 29.8 Å². The van der Waals surface area contributed by atoms with Crippen molar-refractivity contribution in [3.63, 3.8) is 0 Å². The summed E-state index contributed by atoms with van der Waals surface area (Å²) in [6, 6.07) is 5.73. The third-order valence-electron chi connectivity index (χ3n) is 5.69. The monoisotopic (exact) mass is 494 g/mol. The van der Waals surface area contributed by atoms with E-state index in [-0.39, 0.29) is 16.6 Å². The molecule has 0 radical (unpaired) electrons. The molecule has 0 saturated carbocycles. The number of carboxylic acid groups (broad SMARTS) is 1. The van der Waals surface area contributed by atoms with Gasteiger partial charge < -0.3 is 19.5 Å². The van der Waals surface area contributed by atoms with Crippen LogP contribution >= 0.6 is 7.60 Å². The molecule has 2 rings (SSSR count). The lowest BCUT2D eigenvalue weighted by molar-refractivity contribution is -0.384. The number of rotatable bonds is 12. The molecule has 0 fully saturated rings. The van der Waals surface area contributed by atoms with Crippen LogP contribution in [0.1, 0.15) is 78.7 Å². The summed E-state index contributed by atoms with van der Waals surface area (Å²) in [6.45, 7) is 10.9. The molecule has 1 aliphatic rings. The van der Waals surface area contributed by atoms with Gasteiger partial charge in [-0.05, 0) is 46.1 Å². The summed E-state index contributed by atoms with van der Waals surface area (Å²) in [4.78, 5) is 23.3. The first kappa shape index (κ1) is 27.8. The van der Waals surface area contributed by atoms with Crippen LogP contribution in [0.3, 0.4) is 0 Å². The molecule has 0 spiro atoms.